The average Bonchev–Trinajstić information content (AvgIpc) is 3.61. The Morgan fingerprint density at radius 3 is 2.32 bits per heavy atom. The van der Waals surface area contributed by atoms with Crippen LogP contribution in [0, 0.1) is 11.7 Å². The van der Waals surface area contributed by atoms with Gasteiger partial charge in [0.2, 0.25) is 0 Å². The Kier molecular flexibility index (Phi) is 9.18. The maximum absolute atomic E-state index is 15.2. The van der Waals surface area contributed by atoms with Crippen LogP contribution in [0.3, 0.4) is 0 Å². The molecule has 4 atom stereocenters. The predicted molar refractivity (Wildman–Crippen MR) is 166 cm³/mol. The number of alkyl halides is 3. The number of anilines is 1. The van der Waals surface area contributed by atoms with E-state index in [4.69, 9.17) is 9.47 Å². The highest BCUT2D eigenvalue weighted by atomic mass is 32.2. The first-order valence-corrected chi connectivity index (χ1v) is 15.6. The number of nitrogens with zero attached hydrogens (tertiary/aromatic N) is 1. The van der Waals surface area contributed by atoms with Gasteiger partial charge in [0.1, 0.15) is 23.3 Å². The monoisotopic (exact) mass is 673 g/mol. The van der Waals surface area contributed by atoms with Gasteiger partial charge < -0.3 is 20.1 Å². The number of fused-ring (bicyclic) bond motifs is 2. The van der Waals surface area contributed by atoms with Gasteiger partial charge in [-0.05, 0) is 69.2 Å². The summed E-state index contributed by atoms with van der Waals surface area (Å²) in [6.07, 6.45) is 3.29. The zero-order valence-electron chi connectivity index (χ0n) is 25.7. The lowest BCUT2D eigenvalue weighted by Gasteiger charge is -2.33. The molecule has 1 saturated heterocycles. The fourth-order valence-electron chi connectivity index (χ4n) is 5.48. The molecule has 2 aliphatic rings. The number of hydrogen-bond acceptors (Lipinski definition) is 6. The minimum absolute atomic E-state index is 0.00976. The van der Waals surface area contributed by atoms with Gasteiger partial charge in [0.05, 0.1) is 24.3 Å². The quantitative estimate of drug-likeness (QED) is 0.165. The van der Waals surface area contributed by atoms with Crippen molar-refractivity contribution in [3.63, 3.8) is 0 Å². The zero-order valence-corrected chi connectivity index (χ0v) is 26.5. The van der Waals surface area contributed by atoms with Crippen LogP contribution >= 0.6 is 0 Å². The molecule has 1 aliphatic carbocycles. The number of esters is 1. The van der Waals surface area contributed by atoms with E-state index in [-0.39, 0.29) is 34.0 Å². The van der Waals surface area contributed by atoms with E-state index < -0.39 is 62.7 Å². The van der Waals surface area contributed by atoms with Gasteiger partial charge in [-0.1, -0.05) is 30.4 Å². The third-order valence-corrected chi connectivity index (χ3v) is 8.65. The number of nitrogens with one attached hydrogen (secondary N) is 2. The molecular formula is C33H31F4N3O6S. The van der Waals surface area contributed by atoms with E-state index in [9.17, 15) is 31.8 Å². The van der Waals surface area contributed by atoms with E-state index in [1.807, 2.05) is 6.08 Å². The molecule has 1 heterocycles. The largest absolute Gasteiger partial charge is 0.496 e. The molecule has 3 aromatic carbocycles. The van der Waals surface area contributed by atoms with Crippen molar-refractivity contribution in [3.05, 3.63) is 89.8 Å². The van der Waals surface area contributed by atoms with Crippen molar-refractivity contribution in [1.29, 1.82) is 0 Å². The predicted octanol–water partition coefficient (Wildman–Crippen LogP) is 6.63. The summed E-state index contributed by atoms with van der Waals surface area (Å²) in [6.45, 7) is 5.21. The number of methoxy groups -OCH3 is 1. The summed E-state index contributed by atoms with van der Waals surface area (Å²) in [7, 11) is -2.01. The molecule has 2 bridgehead atoms. The molecule has 0 saturated carbocycles. The van der Waals surface area contributed by atoms with Crippen LogP contribution in [-0.2, 0) is 15.5 Å². The molecule has 5 rings (SSSR count). The fourth-order valence-corrected chi connectivity index (χ4v) is 6.19. The Morgan fingerprint density at radius 1 is 0.979 bits per heavy atom. The van der Waals surface area contributed by atoms with Crippen LogP contribution in [0.4, 0.5) is 28.0 Å². The number of carbonyl (C=O) groups is 3. The summed E-state index contributed by atoms with van der Waals surface area (Å²) in [5, 5.41) is 5.36. The van der Waals surface area contributed by atoms with Gasteiger partial charge in [-0.25, -0.2) is 18.2 Å². The van der Waals surface area contributed by atoms with E-state index in [0.29, 0.717) is 12.0 Å². The van der Waals surface area contributed by atoms with Gasteiger partial charge in [-0.2, -0.15) is 13.2 Å². The highest BCUT2D eigenvalue weighted by Gasteiger charge is 2.46. The van der Waals surface area contributed by atoms with Crippen molar-refractivity contribution in [3.8, 4) is 16.9 Å². The van der Waals surface area contributed by atoms with E-state index in [1.54, 1.807) is 26.8 Å². The summed E-state index contributed by atoms with van der Waals surface area (Å²) in [4.78, 5) is 40.3. The normalized spacial score (nSPS) is 19.3. The second-order valence-corrected chi connectivity index (χ2v) is 13.4. The highest BCUT2D eigenvalue weighted by molar-refractivity contribution is 7.86. The number of ether oxygens (including phenoxy) is 2. The number of halogens is 4. The lowest BCUT2D eigenvalue weighted by molar-refractivity contribution is -0.0384. The Morgan fingerprint density at radius 2 is 1.68 bits per heavy atom. The van der Waals surface area contributed by atoms with Crippen LogP contribution in [0.1, 0.15) is 47.9 Å². The maximum Gasteiger partial charge on any atom is 0.475 e. The molecule has 248 valence electrons. The summed E-state index contributed by atoms with van der Waals surface area (Å²) < 4.78 is 76.7. The SMILES string of the molecule is COc1cc(F)c(-c2ccc(C(=O)OC(C)(C)C)cc2)cc1C(=O)NC1C2C=CC(C2)N1C(=O)Nc1cccc(S(=O)C(F)(F)F)c1. The van der Waals surface area contributed by atoms with Gasteiger partial charge in [0.15, 0.2) is 10.8 Å². The number of benzene rings is 3. The number of urea groups is 1. The van der Waals surface area contributed by atoms with Crippen molar-refractivity contribution in [2.45, 2.75) is 55.4 Å². The summed E-state index contributed by atoms with van der Waals surface area (Å²) in [5.74, 6) is -2.22. The highest BCUT2D eigenvalue weighted by Crippen LogP contribution is 2.38. The molecule has 9 nitrogen and oxygen atoms in total. The van der Waals surface area contributed by atoms with E-state index >= 15 is 4.39 Å². The van der Waals surface area contributed by atoms with Crippen molar-refractivity contribution in [2.24, 2.45) is 5.92 Å². The van der Waals surface area contributed by atoms with Gasteiger partial charge in [-0.15, -0.1) is 0 Å². The number of rotatable bonds is 7. The molecule has 1 fully saturated rings. The Bertz CT molecular complexity index is 1770. The van der Waals surface area contributed by atoms with Gasteiger partial charge >= 0.3 is 17.5 Å². The van der Waals surface area contributed by atoms with E-state index in [0.717, 1.165) is 18.2 Å². The zero-order chi connectivity index (χ0) is 34.3. The Hall–Kier alpha value is -4.72. The summed E-state index contributed by atoms with van der Waals surface area (Å²) in [6, 6.07) is 11.9. The molecule has 47 heavy (non-hydrogen) atoms. The van der Waals surface area contributed by atoms with Gasteiger partial charge in [-0.3, -0.25) is 9.69 Å². The number of likely N-dealkylation sites (tertiary alicyclic amines) is 1. The van der Waals surface area contributed by atoms with E-state index in [2.05, 4.69) is 10.6 Å². The van der Waals surface area contributed by atoms with Crippen molar-refractivity contribution in [1.82, 2.24) is 10.2 Å². The third-order valence-electron chi connectivity index (χ3n) is 7.54. The average molecular weight is 674 g/mol. The number of carbonyl (C=O) groups excluding carboxylic acids is 3. The maximum atomic E-state index is 15.2. The Labute approximate surface area is 270 Å². The second kappa shape index (κ2) is 12.8. The number of amides is 3. The number of hydrogen-bond donors (Lipinski definition) is 2. The van der Waals surface area contributed by atoms with Crippen molar-refractivity contribution >= 4 is 34.4 Å². The Balaban J connectivity index is 1.37. The molecule has 14 heteroatoms. The topological polar surface area (TPSA) is 114 Å². The standard InChI is InChI=1S/C33H31F4N3O6S/c1-32(2,3)46-30(42)19-10-8-18(9-11-19)24-16-25(27(45-4)17-26(24)34)29(41)39-28-20-12-13-22(14-20)40(28)31(43)38-21-6-5-7-23(15-21)47(44)33(35,36)37/h5-13,15-17,20,22,28H,14H2,1-4H3,(H,38,43)(H,39,41). The molecule has 4 unspecified atom stereocenters. The van der Waals surface area contributed by atoms with Crippen LogP contribution in [0.25, 0.3) is 11.1 Å². The molecular weight excluding hydrogens is 642 g/mol. The lowest BCUT2D eigenvalue weighted by atomic mass is 9.99. The minimum Gasteiger partial charge on any atom is -0.496 e. The molecule has 3 aromatic rings. The summed E-state index contributed by atoms with van der Waals surface area (Å²) >= 11 is 0. The van der Waals surface area contributed by atoms with Crippen LogP contribution in [0.5, 0.6) is 5.75 Å². The fraction of sp³-hybridized carbons (Fsp3) is 0.303. The first-order chi connectivity index (χ1) is 22.1. The van der Waals surface area contributed by atoms with Crippen molar-refractivity contribution < 1.29 is 45.6 Å². The molecule has 2 N–H and O–H groups in total. The summed E-state index contributed by atoms with van der Waals surface area (Å²) in [5.41, 5.74) is -5.00. The van der Waals surface area contributed by atoms with Gasteiger partial charge in [0, 0.05) is 28.1 Å². The second-order valence-electron chi connectivity index (χ2n) is 12.0. The van der Waals surface area contributed by atoms with Crippen LogP contribution in [-0.4, -0.2) is 57.4 Å². The van der Waals surface area contributed by atoms with Crippen LogP contribution in [0.15, 0.2) is 77.7 Å². The van der Waals surface area contributed by atoms with Crippen molar-refractivity contribution in [2.75, 3.05) is 12.4 Å². The minimum atomic E-state index is -4.97. The van der Waals surface area contributed by atoms with Gasteiger partial charge in [0.25, 0.3) is 5.91 Å². The van der Waals surface area contributed by atoms with Crippen LogP contribution in [0.2, 0.25) is 0 Å². The molecule has 1 aliphatic heterocycles. The smallest absolute Gasteiger partial charge is 0.475 e. The lowest BCUT2D eigenvalue weighted by Crippen LogP contribution is -2.54. The first kappa shape index (κ1) is 33.6. The molecule has 0 aromatic heterocycles. The first-order valence-electron chi connectivity index (χ1n) is 14.4. The third kappa shape index (κ3) is 7.32. The molecule has 3 amide bonds. The van der Waals surface area contributed by atoms with Crippen LogP contribution < -0.4 is 15.4 Å². The molecule has 0 spiro atoms. The van der Waals surface area contributed by atoms with E-state index in [1.165, 1.54) is 54.5 Å². The molecule has 0 radical (unpaired) electrons.